The van der Waals surface area contributed by atoms with Crippen LogP contribution < -0.4 is 4.74 Å². The highest BCUT2D eigenvalue weighted by Crippen LogP contribution is 2.31. The summed E-state index contributed by atoms with van der Waals surface area (Å²) in [4.78, 5) is 16.8. The quantitative estimate of drug-likeness (QED) is 0.163. The molecular weight excluding hydrogens is 555 g/mol. The van der Waals surface area contributed by atoms with E-state index in [1.807, 2.05) is 61.7 Å². The van der Waals surface area contributed by atoms with Gasteiger partial charge in [0.25, 0.3) is 0 Å². The van der Waals surface area contributed by atoms with Crippen molar-refractivity contribution in [3.63, 3.8) is 0 Å². The SMILES string of the molecule is CCOc1ccc(-c2cccc(/C=C/c3nc(-c4ccc(Cl)cc4Cl)cn3Cc3ccc(C(=O)OC)cc3)c2)cc1. The molecule has 0 saturated heterocycles. The van der Waals surface area contributed by atoms with Gasteiger partial charge in [0.05, 0.1) is 30.0 Å². The maximum absolute atomic E-state index is 11.9. The van der Waals surface area contributed by atoms with Crippen LogP contribution in [0.15, 0.2) is 97.2 Å². The van der Waals surface area contributed by atoms with Crippen LogP contribution in [0.4, 0.5) is 0 Å². The number of nitrogens with zero attached hydrogens (tertiary/aromatic N) is 2. The number of rotatable bonds is 9. The Balaban J connectivity index is 1.46. The zero-order valence-electron chi connectivity index (χ0n) is 22.7. The van der Waals surface area contributed by atoms with E-state index in [0.717, 1.165) is 45.1 Å². The van der Waals surface area contributed by atoms with E-state index in [-0.39, 0.29) is 5.97 Å². The molecule has 0 N–H and O–H groups in total. The highest BCUT2D eigenvalue weighted by atomic mass is 35.5. The molecule has 0 saturated carbocycles. The normalized spacial score (nSPS) is 11.1. The maximum Gasteiger partial charge on any atom is 0.337 e. The first kappa shape index (κ1) is 28.2. The van der Waals surface area contributed by atoms with E-state index < -0.39 is 0 Å². The Bertz CT molecular complexity index is 1690. The lowest BCUT2D eigenvalue weighted by atomic mass is 10.0. The summed E-state index contributed by atoms with van der Waals surface area (Å²) in [5.41, 5.74) is 6.31. The van der Waals surface area contributed by atoms with Gasteiger partial charge in [0.2, 0.25) is 0 Å². The van der Waals surface area contributed by atoms with Gasteiger partial charge in [-0.25, -0.2) is 9.78 Å². The minimum atomic E-state index is -0.366. The largest absolute Gasteiger partial charge is 0.494 e. The predicted octanol–water partition coefficient (Wildman–Crippen LogP) is 8.93. The molecule has 0 aliphatic rings. The van der Waals surface area contributed by atoms with Crippen molar-refractivity contribution in [3.8, 4) is 28.1 Å². The second-order valence-electron chi connectivity index (χ2n) is 9.34. The average Bonchev–Trinajstić information content (AvgIpc) is 3.38. The van der Waals surface area contributed by atoms with Crippen molar-refractivity contribution >= 4 is 41.3 Å². The maximum atomic E-state index is 11.9. The monoisotopic (exact) mass is 582 g/mol. The molecule has 0 fully saturated rings. The first-order valence-electron chi connectivity index (χ1n) is 13.1. The number of imidazole rings is 1. The Morgan fingerprint density at radius 3 is 2.39 bits per heavy atom. The summed E-state index contributed by atoms with van der Waals surface area (Å²) in [6, 6.07) is 29.2. The standard InChI is InChI=1S/C34H28Cl2N2O3/c1-3-41-29-15-12-25(13-16-29)27-6-4-5-23(19-27)9-18-33-37-32(30-17-14-28(35)20-31(30)36)22-38(33)21-24-7-10-26(11-8-24)34(39)40-2/h4-20,22H,3,21H2,1-2H3/b18-9+. The van der Waals surface area contributed by atoms with Gasteiger partial charge in [-0.1, -0.05) is 71.7 Å². The van der Waals surface area contributed by atoms with Crippen LogP contribution in [0.1, 0.15) is 34.2 Å². The lowest BCUT2D eigenvalue weighted by Crippen LogP contribution is -2.03. The van der Waals surface area contributed by atoms with Crippen LogP contribution in [0, 0.1) is 0 Å². The van der Waals surface area contributed by atoms with Crippen molar-refractivity contribution in [1.29, 1.82) is 0 Å². The molecular formula is C34H28Cl2N2O3. The number of hydrogen-bond acceptors (Lipinski definition) is 4. The molecule has 0 aliphatic heterocycles. The summed E-state index contributed by atoms with van der Waals surface area (Å²) < 4.78 is 12.5. The van der Waals surface area contributed by atoms with Gasteiger partial charge in [-0.15, -0.1) is 0 Å². The van der Waals surface area contributed by atoms with E-state index >= 15 is 0 Å². The molecule has 0 unspecified atom stereocenters. The van der Waals surface area contributed by atoms with Crippen LogP contribution in [-0.2, 0) is 11.3 Å². The molecule has 7 heteroatoms. The van der Waals surface area contributed by atoms with Gasteiger partial charge in [0, 0.05) is 23.3 Å². The summed E-state index contributed by atoms with van der Waals surface area (Å²) in [7, 11) is 1.37. The first-order valence-corrected chi connectivity index (χ1v) is 13.9. The lowest BCUT2D eigenvalue weighted by molar-refractivity contribution is 0.0600. The minimum Gasteiger partial charge on any atom is -0.494 e. The highest BCUT2D eigenvalue weighted by Gasteiger charge is 2.13. The van der Waals surface area contributed by atoms with Gasteiger partial charge in [-0.3, -0.25) is 0 Å². The Morgan fingerprint density at radius 2 is 1.68 bits per heavy atom. The number of ether oxygens (including phenoxy) is 2. The van der Waals surface area contributed by atoms with Gasteiger partial charge in [0.15, 0.2) is 0 Å². The molecule has 0 atom stereocenters. The van der Waals surface area contributed by atoms with E-state index in [1.165, 1.54) is 7.11 Å². The molecule has 0 bridgehead atoms. The number of aromatic nitrogens is 2. The van der Waals surface area contributed by atoms with E-state index in [1.54, 1.807) is 24.3 Å². The van der Waals surface area contributed by atoms with E-state index in [2.05, 4.69) is 34.9 Å². The smallest absolute Gasteiger partial charge is 0.337 e. The number of carbonyl (C=O) groups excluding carboxylic acids is 1. The Kier molecular flexibility index (Phi) is 8.88. The van der Waals surface area contributed by atoms with Crippen LogP contribution in [0.3, 0.4) is 0 Å². The van der Waals surface area contributed by atoms with Crippen LogP contribution in [0.5, 0.6) is 5.75 Å². The van der Waals surface area contributed by atoms with E-state index in [4.69, 9.17) is 37.7 Å². The van der Waals surface area contributed by atoms with Crippen LogP contribution in [0.25, 0.3) is 34.5 Å². The number of benzene rings is 4. The lowest BCUT2D eigenvalue weighted by Gasteiger charge is -2.07. The van der Waals surface area contributed by atoms with Gasteiger partial charge in [-0.05, 0) is 83.8 Å². The van der Waals surface area contributed by atoms with E-state index in [9.17, 15) is 4.79 Å². The number of carbonyl (C=O) groups is 1. The molecule has 0 aliphatic carbocycles. The van der Waals surface area contributed by atoms with Crippen molar-refractivity contribution in [2.75, 3.05) is 13.7 Å². The Hall–Kier alpha value is -4.32. The van der Waals surface area contributed by atoms with E-state index in [0.29, 0.717) is 28.8 Å². The van der Waals surface area contributed by atoms with Crippen molar-refractivity contribution in [1.82, 2.24) is 9.55 Å². The second-order valence-corrected chi connectivity index (χ2v) is 10.2. The van der Waals surface area contributed by atoms with Crippen LogP contribution >= 0.6 is 23.2 Å². The van der Waals surface area contributed by atoms with Crippen LogP contribution in [0.2, 0.25) is 10.0 Å². The van der Waals surface area contributed by atoms with Crippen molar-refractivity contribution in [2.24, 2.45) is 0 Å². The third kappa shape index (κ3) is 6.88. The molecule has 1 heterocycles. The molecule has 5 nitrogen and oxygen atoms in total. The fourth-order valence-electron chi connectivity index (χ4n) is 4.48. The Labute approximate surface area is 249 Å². The van der Waals surface area contributed by atoms with Gasteiger partial charge >= 0.3 is 5.97 Å². The molecule has 206 valence electrons. The topological polar surface area (TPSA) is 53.4 Å². The van der Waals surface area contributed by atoms with Gasteiger partial charge in [0.1, 0.15) is 11.6 Å². The number of hydrogen-bond donors (Lipinski definition) is 0. The summed E-state index contributed by atoms with van der Waals surface area (Å²) >= 11 is 12.6. The molecule has 5 rings (SSSR count). The predicted molar refractivity (Wildman–Crippen MR) is 167 cm³/mol. The number of esters is 1. The minimum absolute atomic E-state index is 0.366. The zero-order valence-corrected chi connectivity index (χ0v) is 24.2. The average molecular weight is 584 g/mol. The highest BCUT2D eigenvalue weighted by molar-refractivity contribution is 6.36. The molecule has 41 heavy (non-hydrogen) atoms. The van der Waals surface area contributed by atoms with Crippen molar-refractivity contribution < 1.29 is 14.3 Å². The summed E-state index contributed by atoms with van der Waals surface area (Å²) in [6.45, 7) is 3.16. The summed E-state index contributed by atoms with van der Waals surface area (Å²) in [5.74, 6) is 1.25. The fourth-order valence-corrected chi connectivity index (χ4v) is 4.99. The molecule has 1 aromatic heterocycles. The Morgan fingerprint density at radius 1 is 0.902 bits per heavy atom. The van der Waals surface area contributed by atoms with Crippen molar-refractivity contribution in [2.45, 2.75) is 13.5 Å². The third-order valence-electron chi connectivity index (χ3n) is 6.55. The summed E-state index contributed by atoms with van der Waals surface area (Å²) in [5, 5.41) is 1.10. The van der Waals surface area contributed by atoms with Gasteiger partial charge in [-0.2, -0.15) is 0 Å². The summed E-state index contributed by atoms with van der Waals surface area (Å²) in [6.07, 6.45) is 6.01. The zero-order chi connectivity index (χ0) is 28.8. The molecule has 4 aromatic carbocycles. The fraction of sp³-hybridized carbons (Fsp3) is 0.118. The van der Waals surface area contributed by atoms with Gasteiger partial charge < -0.3 is 14.0 Å². The molecule has 5 aromatic rings. The molecule has 0 radical (unpaired) electrons. The number of methoxy groups -OCH3 is 1. The third-order valence-corrected chi connectivity index (χ3v) is 7.10. The second kappa shape index (κ2) is 12.9. The van der Waals surface area contributed by atoms with Crippen molar-refractivity contribution in [3.05, 3.63) is 130 Å². The first-order chi connectivity index (χ1) is 19.9. The molecule has 0 amide bonds. The number of halogens is 2. The molecule has 0 spiro atoms. The van der Waals surface area contributed by atoms with Crippen LogP contribution in [-0.4, -0.2) is 29.2 Å².